The summed E-state index contributed by atoms with van der Waals surface area (Å²) in [6.07, 6.45) is 0.229. The molecule has 0 N–H and O–H groups in total. The van der Waals surface area contributed by atoms with Crippen LogP contribution in [0.1, 0.15) is 6.42 Å². The lowest BCUT2D eigenvalue weighted by molar-refractivity contribution is -0.130. The second-order valence-electron chi connectivity index (χ2n) is 6.15. The molecule has 1 aromatic carbocycles. The van der Waals surface area contributed by atoms with E-state index in [2.05, 4.69) is 15.2 Å². The van der Waals surface area contributed by atoms with Crippen LogP contribution in [0.15, 0.2) is 29.1 Å². The molecule has 0 saturated carbocycles. The monoisotopic (exact) mass is 345 g/mol. The second-order valence-corrected chi connectivity index (χ2v) is 6.15. The van der Waals surface area contributed by atoms with E-state index in [1.54, 1.807) is 30.1 Å². The number of carbonyl (C=O) groups is 1. The third-order valence-electron chi connectivity index (χ3n) is 4.45. The summed E-state index contributed by atoms with van der Waals surface area (Å²) >= 11 is 0. The normalized spacial score (nSPS) is 15.4. The maximum absolute atomic E-state index is 12.4. The molecular weight excluding hydrogens is 322 g/mol. The van der Waals surface area contributed by atoms with Gasteiger partial charge in [-0.25, -0.2) is 4.68 Å². The Balaban J connectivity index is 1.53. The van der Waals surface area contributed by atoms with Crippen molar-refractivity contribution >= 4 is 16.8 Å². The van der Waals surface area contributed by atoms with E-state index in [9.17, 15) is 9.59 Å². The molecule has 0 aliphatic carbocycles. The van der Waals surface area contributed by atoms with Gasteiger partial charge in [-0.05, 0) is 12.1 Å². The minimum Gasteiger partial charge on any atom is -0.379 e. The topological polar surface area (TPSA) is 80.6 Å². The fraction of sp³-hybridized carbons (Fsp3) is 0.529. The molecular formula is C17H23N5O3. The fourth-order valence-electron chi connectivity index (χ4n) is 2.80. The summed E-state index contributed by atoms with van der Waals surface area (Å²) in [6, 6.07) is 7.08. The Bertz CT molecular complexity index is 785. The highest BCUT2D eigenvalue weighted by Gasteiger charge is 2.14. The van der Waals surface area contributed by atoms with Crippen LogP contribution in [0.5, 0.6) is 0 Å². The molecule has 25 heavy (non-hydrogen) atoms. The van der Waals surface area contributed by atoms with Gasteiger partial charge in [-0.1, -0.05) is 17.3 Å². The van der Waals surface area contributed by atoms with Gasteiger partial charge >= 0.3 is 0 Å². The quantitative estimate of drug-likeness (QED) is 0.732. The van der Waals surface area contributed by atoms with E-state index in [1.807, 2.05) is 6.07 Å². The first kappa shape index (κ1) is 17.5. The number of rotatable bonds is 6. The standard InChI is InChI=1S/C17H23N5O3/c1-20(8-9-21-10-12-25-13-11-21)16(23)6-7-22-17(24)14-4-2-3-5-15(14)18-19-22/h2-5H,6-13H2,1H3. The lowest BCUT2D eigenvalue weighted by Crippen LogP contribution is -2.42. The third-order valence-corrected chi connectivity index (χ3v) is 4.45. The molecule has 2 heterocycles. The first-order valence-corrected chi connectivity index (χ1v) is 8.52. The molecule has 3 rings (SSSR count). The molecule has 2 aromatic rings. The largest absolute Gasteiger partial charge is 0.379 e. The summed E-state index contributed by atoms with van der Waals surface area (Å²) in [7, 11) is 1.79. The number of aryl methyl sites for hydroxylation is 1. The zero-order valence-electron chi connectivity index (χ0n) is 14.4. The highest BCUT2D eigenvalue weighted by molar-refractivity contribution is 5.77. The molecule has 0 atom stereocenters. The number of amides is 1. The van der Waals surface area contributed by atoms with Crippen molar-refractivity contribution in [3.63, 3.8) is 0 Å². The molecule has 134 valence electrons. The van der Waals surface area contributed by atoms with Gasteiger partial charge in [0.15, 0.2) is 0 Å². The van der Waals surface area contributed by atoms with Crippen molar-refractivity contribution in [1.29, 1.82) is 0 Å². The number of aromatic nitrogens is 3. The Kier molecular flexibility index (Phi) is 5.72. The molecule has 1 fully saturated rings. The fourth-order valence-corrected chi connectivity index (χ4v) is 2.80. The number of hydrogen-bond donors (Lipinski definition) is 0. The highest BCUT2D eigenvalue weighted by atomic mass is 16.5. The van der Waals surface area contributed by atoms with Gasteiger partial charge in [0, 0.05) is 39.6 Å². The van der Waals surface area contributed by atoms with E-state index in [0.29, 0.717) is 17.4 Å². The zero-order chi connectivity index (χ0) is 17.6. The maximum atomic E-state index is 12.4. The second kappa shape index (κ2) is 8.17. The van der Waals surface area contributed by atoms with Crippen LogP contribution in [-0.2, 0) is 16.1 Å². The molecule has 0 unspecified atom stereocenters. The van der Waals surface area contributed by atoms with Crippen LogP contribution in [0.25, 0.3) is 10.9 Å². The summed E-state index contributed by atoms with van der Waals surface area (Å²) in [4.78, 5) is 28.6. The van der Waals surface area contributed by atoms with Crippen LogP contribution in [0.4, 0.5) is 0 Å². The van der Waals surface area contributed by atoms with Gasteiger partial charge in [0.05, 0.1) is 25.1 Å². The van der Waals surface area contributed by atoms with Crippen LogP contribution >= 0.6 is 0 Å². The van der Waals surface area contributed by atoms with Crippen LogP contribution in [-0.4, -0.2) is 77.1 Å². The highest BCUT2D eigenvalue weighted by Crippen LogP contribution is 2.04. The minimum absolute atomic E-state index is 0.00452. The Morgan fingerprint density at radius 2 is 2.00 bits per heavy atom. The number of likely N-dealkylation sites (N-methyl/N-ethyl adjacent to an activating group) is 1. The summed E-state index contributed by atoms with van der Waals surface area (Å²) in [5, 5.41) is 8.47. The number of benzene rings is 1. The molecule has 0 bridgehead atoms. The van der Waals surface area contributed by atoms with Gasteiger partial charge in [-0.3, -0.25) is 14.5 Å². The van der Waals surface area contributed by atoms with E-state index in [1.165, 1.54) is 4.68 Å². The number of fused-ring (bicyclic) bond motifs is 1. The van der Waals surface area contributed by atoms with Crippen LogP contribution in [0, 0.1) is 0 Å². The van der Waals surface area contributed by atoms with Gasteiger partial charge in [-0.2, -0.15) is 0 Å². The molecule has 1 aliphatic rings. The number of nitrogens with zero attached hydrogens (tertiary/aromatic N) is 5. The van der Waals surface area contributed by atoms with Gasteiger partial charge in [-0.15, -0.1) is 5.10 Å². The summed E-state index contributed by atoms with van der Waals surface area (Å²) < 4.78 is 6.58. The number of morpholine rings is 1. The number of carbonyl (C=O) groups excluding carboxylic acids is 1. The van der Waals surface area contributed by atoms with Crippen LogP contribution in [0.2, 0.25) is 0 Å². The summed E-state index contributed by atoms with van der Waals surface area (Å²) in [5.41, 5.74) is 0.354. The van der Waals surface area contributed by atoms with E-state index in [4.69, 9.17) is 4.74 Å². The molecule has 0 radical (unpaired) electrons. The van der Waals surface area contributed by atoms with Crippen molar-refractivity contribution in [3.8, 4) is 0 Å². The Hall–Kier alpha value is -2.32. The Morgan fingerprint density at radius 1 is 1.24 bits per heavy atom. The number of ether oxygens (including phenoxy) is 1. The van der Waals surface area contributed by atoms with Gasteiger partial charge in [0.1, 0.15) is 5.52 Å². The summed E-state index contributed by atoms with van der Waals surface area (Å²) in [6.45, 7) is 5.05. The van der Waals surface area contributed by atoms with E-state index in [0.717, 1.165) is 32.8 Å². The van der Waals surface area contributed by atoms with Gasteiger partial charge < -0.3 is 9.64 Å². The van der Waals surface area contributed by atoms with Gasteiger partial charge in [0.2, 0.25) is 5.91 Å². The van der Waals surface area contributed by atoms with E-state index in [-0.39, 0.29) is 24.4 Å². The van der Waals surface area contributed by atoms with E-state index >= 15 is 0 Å². The van der Waals surface area contributed by atoms with Crippen molar-refractivity contribution in [2.75, 3.05) is 46.4 Å². The minimum atomic E-state index is -0.214. The third kappa shape index (κ3) is 4.40. The lowest BCUT2D eigenvalue weighted by Gasteiger charge is -2.28. The van der Waals surface area contributed by atoms with Crippen molar-refractivity contribution in [3.05, 3.63) is 34.6 Å². The summed E-state index contributed by atoms with van der Waals surface area (Å²) in [5.74, 6) is -0.00452. The molecule has 1 amide bonds. The van der Waals surface area contributed by atoms with Crippen molar-refractivity contribution < 1.29 is 9.53 Å². The lowest BCUT2D eigenvalue weighted by atomic mass is 10.2. The number of hydrogen-bond acceptors (Lipinski definition) is 6. The Labute approximate surface area is 146 Å². The average molecular weight is 345 g/mol. The SMILES string of the molecule is CN(CCN1CCOCC1)C(=O)CCn1nnc2ccccc2c1=O. The molecule has 8 heteroatoms. The zero-order valence-corrected chi connectivity index (χ0v) is 14.4. The Morgan fingerprint density at radius 3 is 2.80 bits per heavy atom. The predicted molar refractivity (Wildman–Crippen MR) is 93.3 cm³/mol. The smallest absolute Gasteiger partial charge is 0.277 e. The average Bonchev–Trinajstić information content (AvgIpc) is 2.66. The molecule has 1 saturated heterocycles. The molecule has 8 nitrogen and oxygen atoms in total. The molecule has 0 spiro atoms. The first-order chi connectivity index (χ1) is 12.1. The molecule has 1 aliphatic heterocycles. The predicted octanol–water partition coefficient (Wildman–Crippen LogP) is -0.0278. The van der Waals surface area contributed by atoms with Crippen molar-refractivity contribution in [1.82, 2.24) is 24.8 Å². The van der Waals surface area contributed by atoms with Crippen LogP contribution < -0.4 is 5.56 Å². The van der Waals surface area contributed by atoms with Crippen LogP contribution in [0.3, 0.4) is 0 Å². The van der Waals surface area contributed by atoms with E-state index < -0.39 is 0 Å². The van der Waals surface area contributed by atoms with Gasteiger partial charge in [0.25, 0.3) is 5.56 Å². The first-order valence-electron chi connectivity index (χ1n) is 8.52. The molecule has 1 aromatic heterocycles. The van der Waals surface area contributed by atoms with Crippen molar-refractivity contribution in [2.24, 2.45) is 0 Å². The maximum Gasteiger partial charge on any atom is 0.277 e. The van der Waals surface area contributed by atoms with Crippen molar-refractivity contribution in [2.45, 2.75) is 13.0 Å².